The van der Waals surface area contributed by atoms with Crippen LogP contribution in [0.2, 0.25) is 0 Å². The van der Waals surface area contributed by atoms with Crippen molar-refractivity contribution in [3.63, 3.8) is 0 Å². The monoisotopic (exact) mass is 546 g/mol. The summed E-state index contributed by atoms with van der Waals surface area (Å²) in [6, 6.07) is 28.6. The Kier molecular flexibility index (Phi) is 6.63. The highest BCUT2D eigenvalue weighted by Crippen LogP contribution is 2.34. The minimum Gasteiger partial charge on any atom is -0.350 e. The number of halogens is 2. The summed E-state index contributed by atoms with van der Waals surface area (Å²) in [6.07, 6.45) is 4.15. The lowest BCUT2D eigenvalue weighted by Gasteiger charge is -2.32. The highest BCUT2D eigenvalue weighted by atomic mass is 19.1. The second-order valence-electron chi connectivity index (χ2n) is 11.2. The number of aromatic nitrogens is 3. The van der Waals surface area contributed by atoms with Gasteiger partial charge in [0, 0.05) is 48.7 Å². The third kappa shape index (κ3) is 5.04. The molecule has 6 heteroatoms. The molecule has 0 radical (unpaired) electrons. The van der Waals surface area contributed by atoms with Crippen molar-refractivity contribution in [3.05, 3.63) is 126 Å². The number of rotatable bonds is 6. The lowest BCUT2D eigenvalue weighted by Crippen LogP contribution is -2.33. The zero-order valence-corrected chi connectivity index (χ0v) is 23.1. The van der Waals surface area contributed by atoms with Gasteiger partial charge in [-0.05, 0) is 85.1 Å². The number of hydrogen-bond donors (Lipinski definition) is 0. The predicted molar refractivity (Wildman–Crippen MR) is 161 cm³/mol. The Hall–Kier alpha value is -4.29. The molecule has 4 aromatic carbocycles. The molecule has 0 aliphatic carbocycles. The van der Waals surface area contributed by atoms with Crippen LogP contribution in [0.5, 0.6) is 0 Å². The van der Waals surface area contributed by atoms with E-state index in [1.54, 1.807) is 24.3 Å². The minimum absolute atomic E-state index is 0.208. The molecule has 0 bridgehead atoms. The maximum atomic E-state index is 13.9. The number of aryl methyl sites for hydroxylation is 1. The fourth-order valence-electron chi connectivity index (χ4n) is 6.41. The molecule has 1 saturated heterocycles. The fraction of sp³-hybridized carbons (Fsp3) is 0.229. The smallest absolute Gasteiger partial charge is 0.123 e. The van der Waals surface area contributed by atoms with Gasteiger partial charge in [0.2, 0.25) is 0 Å². The molecule has 1 fully saturated rings. The van der Waals surface area contributed by atoms with Crippen LogP contribution in [0.4, 0.5) is 8.78 Å². The van der Waals surface area contributed by atoms with Crippen molar-refractivity contribution in [2.75, 3.05) is 13.1 Å². The van der Waals surface area contributed by atoms with E-state index in [0.717, 1.165) is 76.9 Å². The van der Waals surface area contributed by atoms with Crippen molar-refractivity contribution in [1.82, 2.24) is 19.0 Å². The molecule has 2 aromatic heterocycles. The first-order valence-corrected chi connectivity index (χ1v) is 14.3. The maximum absolute atomic E-state index is 13.9. The van der Waals surface area contributed by atoms with Crippen LogP contribution in [0.15, 0.2) is 97.2 Å². The molecule has 4 nitrogen and oxygen atoms in total. The van der Waals surface area contributed by atoms with Crippen LogP contribution in [-0.2, 0) is 20.1 Å². The van der Waals surface area contributed by atoms with Crippen LogP contribution < -0.4 is 0 Å². The summed E-state index contributed by atoms with van der Waals surface area (Å²) in [4.78, 5) is 7.59. The SMILES string of the molecule is Cn1cc(-c2cccc(F)c2)c2ccc(CN3CCC(c4nc5ccccc5n4Cc4cccc(F)c4)CC3)cc21. The van der Waals surface area contributed by atoms with Crippen LogP contribution in [0, 0.1) is 11.6 Å². The summed E-state index contributed by atoms with van der Waals surface area (Å²) in [5, 5.41) is 1.14. The van der Waals surface area contributed by atoms with Gasteiger partial charge in [-0.15, -0.1) is 0 Å². The Balaban J connectivity index is 1.08. The number of para-hydroxylation sites is 2. The molecule has 206 valence electrons. The zero-order chi connectivity index (χ0) is 27.9. The zero-order valence-electron chi connectivity index (χ0n) is 23.1. The summed E-state index contributed by atoms with van der Waals surface area (Å²) in [5.41, 5.74) is 7.43. The van der Waals surface area contributed by atoms with Gasteiger partial charge in [-0.1, -0.05) is 48.5 Å². The Labute approximate surface area is 238 Å². The number of likely N-dealkylation sites (tertiary alicyclic amines) is 1. The quantitative estimate of drug-likeness (QED) is 0.212. The number of piperidine rings is 1. The van der Waals surface area contributed by atoms with Crippen LogP contribution >= 0.6 is 0 Å². The van der Waals surface area contributed by atoms with Crippen LogP contribution in [0.3, 0.4) is 0 Å². The molecule has 1 aliphatic heterocycles. The molecule has 6 aromatic rings. The number of imidazole rings is 1. The first-order valence-electron chi connectivity index (χ1n) is 14.3. The molecule has 0 atom stereocenters. The van der Waals surface area contributed by atoms with Crippen LogP contribution in [0.25, 0.3) is 33.1 Å². The van der Waals surface area contributed by atoms with E-state index in [1.165, 1.54) is 17.7 Å². The highest BCUT2D eigenvalue weighted by molar-refractivity contribution is 5.96. The highest BCUT2D eigenvalue weighted by Gasteiger charge is 2.26. The van der Waals surface area contributed by atoms with E-state index < -0.39 is 0 Å². The normalized spacial score (nSPS) is 14.8. The second-order valence-corrected chi connectivity index (χ2v) is 11.2. The molecule has 0 unspecified atom stereocenters. The summed E-state index contributed by atoms with van der Waals surface area (Å²) in [6.45, 7) is 3.49. The van der Waals surface area contributed by atoms with E-state index in [2.05, 4.69) is 57.6 Å². The Morgan fingerprint density at radius 3 is 2.32 bits per heavy atom. The topological polar surface area (TPSA) is 26.0 Å². The van der Waals surface area contributed by atoms with Gasteiger partial charge in [-0.25, -0.2) is 13.8 Å². The largest absolute Gasteiger partial charge is 0.350 e. The minimum atomic E-state index is -0.218. The van der Waals surface area contributed by atoms with E-state index in [0.29, 0.717) is 12.5 Å². The van der Waals surface area contributed by atoms with Crippen molar-refractivity contribution in [1.29, 1.82) is 0 Å². The molecular weight excluding hydrogens is 514 g/mol. The summed E-state index contributed by atoms with van der Waals surface area (Å²) in [7, 11) is 2.05. The summed E-state index contributed by atoms with van der Waals surface area (Å²) >= 11 is 0. The van der Waals surface area contributed by atoms with Gasteiger partial charge in [0.05, 0.1) is 11.0 Å². The first-order chi connectivity index (χ1) is 20.0. The summed E-state index contributed by atoms with van der Waals surface area (Å²) in [5.74, 6) is 1.03. The lowest BCUT2D eigenvalue weighted by atomic mass is 9.95. The Morgan fingerprint density at radius 1 is 0.756 bits per heavy atom. The third-order valence-corrected chi connectivity index (χ3v) is 8.46. The van der Waals surface area contributed by atoms with Gasteiger partial charge in [-0.2, -0.15) is 0 Å². The average molecular weight is 547 g/mol. The van der Waals surface area contributed by atoms with Gasteiger partial charge >= 0.3 is 0 Å². The van der Waals surface area contributed by atoms with Crippen LogP contribution in [-0.4, -0.2) is 32.1 Å². The van der Waals surface area contributed by atoms with E-state index in [-0.39, 0.29) is 11.6 Å². The molecule has 0 N–H and O–H groups in total. The van der Waals surface area contributed by atoms with Gasteiger partial charge in [0.1, 0.15) is 17.5 Å². The van der Waals surface area contributed by atoms with Crippen LogP contribution in [0.1, 0.15) is 35.7 Å². The molecule has 0 amide bonds. The van der Waals surface area contributed by atoms with E-state index in [4.69, 9.17) is 4.98 Å². The second kappa shape index (κ2) is 10.6. The van der Waals surface area contributed by atoms with Gasteiger partial charge < -0.3 is 9.13 Å². The number of fused-ring (bicyclic) bond motifs is 2. The van der Waals surface area contributed by atoms with E-state index >= 15 is 0 Å². The maximum Gasteiger partial charge on any atom is 0.123 e. The fourth-order valence-corrected chi connectivity index (χ4v) is 6.41. The molecule has 41 heavy (non-hydrogen) atoms. The van der Waals surface area contributed by atoms with Gasteiger partial charge in [-0.3, -0.25) is 4.90 Å². The van der Waals surface area contributed by atoms with Crippen molar-refractivity contribution in [3.8, 4) is 11.1 Å². The predicted octanol–water partition coefficient (Wildman–Crippen LogP) is 7.90. The van der Waals surface area contributed by atoms with E-state index in [1.807, 2.05) is 24.3 Å². The molecule has 1 aliphatic rings. The van der Waals surface area contributed by atoms with Gasteiger partial charge in [0.15, 0.2) is 0 Å². The average Bonchev–Trinajstić information content (AvgIpc) is 3.51. The molecule has 0 spiro atoms. The number of nitrogens with zero attached hydrogens (tertiary/aromatic N) is 4. The molecular formula is C35H32F2N4. The molecule has 0 saturated carbocycles. The van der Waals surface area contributed by atoms with Crippen molar-refractivity contribution < 1.29 is 8.78 Å². The third-order valence-electron chi connectivity index (χ3n) is 8.46. The van der Waals surface area contributed by atoms with Crippen molar-refractivity contribution in [2.45, 2.75) is 31.8 Å². The Bertz CT molecular complexity index is 1860. The molecule has 3 heterocycles. The standard InChI is InChI=1S/C35H32F2N4/c1-39-23-31(27-7-5-9-29(37)20-27)30-13-12-25(19-34(30)39)21-40-16-14-26(15-17-40)35-38-32-10-2-3-11-33(32)41(35)22-24-6-4-8-28(36)18-24/h2-13,18-20,23,26H,14-17,21-22H2,1H3. The van der Waals surface area contributed by atoms with Gasteiger partial charge in [0.25, 0.3) is 0 Å². The molecule has 7 rings (SSSR count). The first kappa shape index (κ1) is 25.7. The van der Waals surface area contributed by atoms with E-state index in [9.17, 15) is 8.78 Å². The summed E-state index contributed by atoms with van der Waals surface area (Å²) < 4.78 is 32.2. The number of benzene rings is 4. The van der Waals surface area contributed by atoms with Crippen molar-refractivity contribution in [2.24, 2.45) is 7.05 Å². The number of hydrogen-bond acceptors (Lipinski definition) is 2. The Morgan fingerprint density at radius 2 is 1.51 bits per heavy atom. The van der Waals surface area contributed by atoms with Crippen molar-refractivity contribution >= 4 is 21.9 Å². The lowest BCUT2D eigenvalue weighted by molar-refractivity contribution is 0.200.